The summed E-state index contributed by atoms with van der Waals surface area (Å²) >= 11 is 0. The molecule has 2 aliphatic heterocycles. The van der Waals surface area contributed by atoms with Crippen LogP contribution < -0.4 is 10.2 Å². The second-order valence-corrected chi connectivity index (χ2v) is 7.16. The summed E-state index contributed by atoms with van der Waals surface area (Å²) in [6.45, 7) is 2.72. The first-order valence-electron chi connectivity index (χ1n) is 8.89. The molecule has 0 aromatic carbocycles. The fourth-order valence-electron chi connectivity index (χ4n) is 4.30. The van der Waals surface area contributed by atoms with Crippen LogP contribution in [0.5, 0.6) is 5.75 Å². The summed E-state index contributed by atoms with van der Waals surface area (Å²) in [5.41, 5.74) is -0.320. The Kier molecular flexibility index (Phi) is 4.08. The molecule has 1 aromatic heterocycles. The standard InChI is InChI=1S/C18H24N2O4/c1-23-17-11-24-16(9-15(17)21)18(22)19-8-6-14-12(10-19)3-2-7-20(14)13-4-5-13/h9,11-14H,2-8,10H2,1H3. The van der Waals surface area contributed by atoms with Crippen molar-refractivity contribution in [3.05, 3.63) is 28.3 Å². The number of methoxy groups -OCH3 is 1. The fraction of sp³-hybridized carbons (Fsp3) is 0.667. The maximum atomic E-state index is 12.7. The van der Waals surface area contributed by atoms with E-state index in [0.29, 0.717) is 12.0 Å². The lowest BCUT2D eigenvalue weighted by molar-refractivity contribution is 0.0159. The molecule has 1 aliphatic carbocycles. The van der Waals surface area contributed by atoms with Crippen molar-refractivity contribution < 1.29 is 13.9 Å². The predicted octanol–water partition coefficient (Wildman–Crippen LogP) is 1.74. The van der Waals surface area contributed by atoms with E-state index in [9.17, 15) is 9.59 Å². The third-order valence-corrected chi connectivity index (χ3v) is 5.64. The van der Waals surface area contributed by atoms with E-state index >= 15 is 0 Å². The van der Waals surface area contributed by atoms with Crippen molar-refractivity contribution in [2.75, 3.05) is 26.7 Å². The van der Waals surface area contributed by atoms with Crippen molar-refractivity contribution in [1.82, 2.24) is 9.80 Å². The smallest absolute Gasteiger partial charge is 0.289 e. The van der Waals surface area contributed by atoms with Crippen LogP contribution in [0, 0.1) is 5.92 Å². The van der Waals surface area contributed by atoms with Crippen molar-refractivity contribution in [3.63, 3.8) is 0 Å². The molecule has 130 valence electrons. The zero-order valence-electron chi connectivity index (χ0n) is 14.1. The molecule has 24 heavy (non-hydrogen) atoms. The van der Waals surface area contributed by atoms with Gasteiger partial charge in [-0.1, -0.05) is 0 Å². The first kappa shape index (κ1) is 15.7. The van der Waals surface area contributed by atoms with Gasteiger partial charge in [0.05, 0.1) is 7.11 Å². The van der Waals surface area contributed by atoms with Gasteiger partial charge in [0.1, 0.15) is 6.26 Å². The van der Waals surface area contributed by atoms with Crippen LogP contribution in [0.3, 0.4) is 0 Å². The van der Waals surface area contributed by atoms with Gasteiger partial charge >= 0.3 is 0 Å². The van der Waals surface area contributed by atoms with Gasteiger partial charge in [0.2, 0.25) is 11.2 Å². The summed E-state index contributed by atoms with van der Waals surface area (Å²) in [5, 5.41) is 0. The molecule has 1 saturated carbocycles. The SMILES string of the molecule is COc1coc(C(=O)N2CCC3C(CCCN3C3CC3)C2)cc1=O. The molecule has 6 nitrogen and oxygen atoms in total. The fourth-order valence-corrected chi connectivity index (χ4v) is 4.30. The monoisotopic (exact) mass is 332 g/mol. The van der Waals surface area contributed by atoms with E-state index in [2.05, 4.69) is 4.90 Å². The summed E-state index contributed by atoms with van der Waals surface area (Å²) in [6, 6.07) is 2.66. The Hall–Kier alpha value is -1.82. The van der Waals surface area contributed by atoms with Crippen molar-refractivity contribution in [2.45, 2.75) is 44.2 Å². The zero-order chi connectivity index (χ0) is 16.7. The molecule has 3 fully saturated rings. The second kappa shape index (κ2) is 6.24. The molecule has 0 radical (unpaired) electrons. The molecule has 0 bridgehead atoms. The highest BCUT2D eigenvalue weighted by molar-refractivity contribution is 5.91. The molecule has 1 amide bonds. The molecule has 0 N–H and O–H groups in total. The van der Waals surface area contributed by atoms with E-state index in [0.717, 1.165) is 25.6 Å². The molecule has 2 saturated heterocycles. The molecule has 3 heterocycles. The number of fused-ring (bicyclic) bond motifs is 1. The molecule has 6 heteroatoms. The van der Waals surface area contributed by atoms with E-state index in [-0.39, 0.29) is 22.8 Å². The van der Waals surface area contributed by atoms with Gasteiger partial charge in [0.25, 0.3) is 5.91 Å². The van der Waals surface area contributed by atoms with E-state index in [4.69, 9.17) is 9.15 Å². The third-order valence-electron chi connectivity index (χ3n) is 5.64. The number of hydrogen-bond acceptors (Lipinski definition) is 5. The third kappa shape index (κ3) is 2.83. The normalized spacial score (nSPS) is 27.6. The minimum absolute atomic E-state index is 0.106. The van der Waals surface area contributed by atoms with Crippen LogP contribution in [0.15, 0.2) is 21.5 Å². The summed E-state index contributed by atoms with van der Waals surface area (Å²) in [7, 11) is 1.41. The van der Waals surface area contributed by atoms with Crippen molar-refractivity contribution in [1.29, 1.82) is 0 Å². The highest BCUT2D eigenvalue weighted by Gasteiger charge is 2.42. The highest BCUT2D eigenvalue weighted by Crippen LogP contribution is 2.38. The Labute approximate surface area is 141 Å². The Balaban J connectivity index is 1.47. The number of likely N-dealkylation sites (tertiary alicyclic amines) is 2. The minimum atomic E-state index is -0.320. The van der Waals surface area contributed by atoms with Gasteiger partial charge in [-0.05, 0) is 44.6 Å². The maximum Gasteiger partial charge on any atom is 0.289 e. The predicted molar refractivity (Wildman–Crippen MR) is 88.3 cm³/mol. The Bertz CT molecular complexity index is 682. The first-order chi connectivity index (χ1) is 11.7. The average molecular weight is 332 g/mol. The van der Waals surface area contributed by atoms with Crippen LogP contribution in [0.4, 0.5) is 0 Å². The van der Waals surface area contributed by atoms with Crippen LogP contribution in [0.25, 0.3) is 0 Å². The largest absolute Gasteiger partial charge is 0.490 e. The first-order valence-corrected chi connectivity index (χ1v) is 8.89. The van der Waals surface area contributed by atoms with Crippen LogP contribution in [0.2, 0.25) is 0 Å². The summed E-state index contributed by atoms with van der Waals surface area (Å²) in [5.74, 6) is 0.588. The second-order valence-electron chi connectivity index (χ2n) is 7.16. The van der Waals surface area contributed by atoms with Gasteiger partial charge in [-0.2, -0.15) is 0 Å². The average Bonchev–Trinajstić information content (AvgIpc) is 3.45. The van der Waals surface area contributed by atoms with Crippen molar-refractivity contribution in [2.24, 2.45) is 5.92 Å². The van der Waals surface area contributed by atoms with Gasteiger partial charge in [-0.3, -0.25) is 14.5 Å². The zero-order valence-corrected chi connectivity index (χ0v) is 14.1. The lowest BCUT2D eigenvalue weighted by Gasteiger charge is -2.47. The number of amides is 1. The molecule has 2 unspecified atom stereocenters. The van der Waals surface area contributed by atoms with Crippen LogP contribution >= 0.6 is 0 Å². The topological polar surface area (TPSA) is 63.0 Å². The number of piperidine rings is 2. The minimum Gasteiger partial charge on any atom is -0.490 e. The molecule has 2 atom stereocenters. The lowest BCUT2D eigenvalue weighted by atomic mass is 9.83. The lowest BCUT2D eigenvalue weighted by Crippen LogP contribution is -2.55. The molecule has 0 spiro atoms. The van der Waals surface area contributed by atoms with Crippen molar-refractivity contribution >= 4 is 5.91 Å². The van der Waals surface area contributed by atoms with E-state index in [1.54, 1.807) is 0 Å². The molecule has 3 aliphatic rings. The van der Waals surface area contributed by atoms with Crippen LogP contribution in [0.1, 0.15) is 42.7 Å². The number of rotatable bonds is 3. The molecule has 1 aromatic rings. The summed E-state index contributed by atoms with van der Waals surface area (Å²) in [4.78, 5) is 29.1. The van der Waals surface area contributed by atoms with Gasteiger partial charge in [0, 0.05) is 31.2 Å². The number of hydrogen-bond donors (Lipinski definition) is 0. The summed E-state index contributed by atoms with van der Waals surface area (Å²) in [6.07, 6.45) is 7.32. The summed E-state index contributed by atoms with van der Waals surface area (Å²) < 4.78 is 10.2. The number of carbonyl (C=O) groups is 1. The van der Waals surface area contributed by atoms with Gasteiger partial charge in [0.15, 0.2) is 5.76 Å². The highest BCUT2D eigenvalue weighted by atomic mass is 16.5. The van der Waals surface area contributed by atoms with E-state index in [1.807, 2.05) is 4.90 Å². The van der Waals surface area contributed by atoms with Gasteiger partial charge in [-0.25, -0.2) is 0 Å². The maximum absolute atomic E-state index is 12.7. The Morgan fingerprint density at radius 1 is 1.25 bits per heavy atom. The van der Waals surface area contributed by atoms with Crippen molar-refractivity contribution in [3.8, 4) is 5.75 Å². The number of ether oxygens (including phenoxy) is 1. The number of carbonyl (C=O) groups excluding carboxylic acids is 1. The van der Waals surface area contributed by atoms with Gasteiger partial charge in [-0.15, -0.1) is 0 Å². The van der Waals surface area contributed by atoms with E-state index < -0.39 is 0 Å². The van der Waals surface area contributed by atoms with Crippen LogP contribution in [-0.2, 0) is 0 Å². The molecule has 4 rings (SSSR count). The number of nitrogens with zero attached hydrogens (tertiary/aromatic N) is 2. The molecular formula is C18H24N2O4. The quantitative estimate of drug-likeness (QED) is 0.844. The van der Waals surface area contributed by atoms with Crippen LogP contribution in [-0.4, -0.2) is 54.5 Å². The molecular weight excluding hydrogens is 308 g/mol. The van der Waals surface area contributed by atoms with E-state index in [1.165, 1.54) is 51.7 Å². The Morgan fingerprint density at radius 3 is 2.79 bits per heavy atom. The Morgan fingerprint density at radius 2 is 2.08 bits per heavy atom. The van der Waals surface area contributed by atoms with Gasteiger partial charge < -0.3 is 14.1 Å².